The Balaban J connectivity index is 1.31. The van der Waals surface area contributed by atoms with E-state index in [1.807, 2.05) is 0 Å². The van der Waals surface area contributed by atoms with Crippen LogP contribution in [0.3, 0.4) is 0 Å². The van der Waals surface area contributed by atoms with Crippen LogP contribution in [0.25, 0.3) is 16.8 Å². The van der Waals surface area contributed by atoms with Crippen LogP contribution in [0.5, 0.6) is 11.8 Å². The minimum Gasteiger partial charge on any atom is -0.507 e. The van der Waals surface area contributed by atoms with Crippen molar-refractivity contribution in [1.82, 2.24) is 30.2 Å². The van der Waals surface area contributed by atoms with Crippen LogP contribution >= 0.6 is 0 Å². The Bertz CT molecular complexity index is 1900. The molecule has 5 N–H and O–H groups in total. The predicted molar refractivity (Wildman–Crippen MR) is 155 cm³/mol. The van der Waals surface area contributed by atoms with E-state index in [1.165, 1.54) is 41.1 Å². The largest absolute Gasteiger partial charge is 0.507 e. The van der Waals surface area contributed by atoms with Crippen molar-refractivity contribution in [2.45, 2.75) is 18.1 Å². The molecule has 45 heavy (non-hydrogen) atoms. The van der Waals surface area contributed by atoms with Crippen LogP contribution in [0.2, 0.25) is 0 Å². The maximum Gasteiger partial charge on any atom is 0.318 e. The molecular formula is C29H27FN8O7. The lowest BCUT2D eigenvalue weighted by Gasteiger charge is -2.40. The Labute approximate surface area is 254 Å². The fourth-order valence-electron chi connectivity index (χ4n) is 5.14. The number of hydrogen-bond acceptors (Lipinski definition) is 12. The topological polar surface area (TPSA) is 204 Å². The van der Waals surface area contributed by atoms with Crippen LogP contribution in [-0.4, -0.2) is 85.4 Å². The summed E-state index contributed by atoms with van der Waals surface area (Å²) in [7, 11) is 1.43. The van der Waals surface area contributed by atoms with Gasteiger partial charge in [0.15, 0.2) is 29.1 Å². The van der Waals surface area contributed by atoms with Crippen molar-refractivity contribution >= 4 is 34.4 Å². The van der Waals surface area contributed by atoms with Gasteiger partial charge in [0.2, 0.25) is 0 Å². The highest BCUT2D eigenvalue weighted by atomic mass is 19.1. The number of rotatable bonds is 9. The number of phenolic OH excluding ortho intramolecular Hbond substituents is 1. The van der Waals surface area contributed by atoms with Gasteiger partial charge in [-0.15, -0.1) is 5.10 Å². The molecule has 1 unspecified atom stereocenters. The molecule has 2 atom stereocenters. The number of para-hydroxylation sites is 1. The second kappa shape index (κ2) is 11.8. The zero-order valence-electron chi connectivity index (χ0n) is 23.8. The number of carbonyl (C=O) groups excluding carboxylic acids is 2. The Morgan fingerprint density at radius 1 is 1.24 bits per heavy atom. The molecule has 15 nitrogen and oxygen atoms in total. The van der Waals surface area contributed by atoms with Gasteiger partial charge in [-0.2, -0.15) is 4.98 Å². The average molecular weight is 619 g/mol. The highest BCUT2D eigenvalue weighted by Gasteiger charge is 2.47. The molecule has 3 aromatic heterocycles. The van der Waals surface area contributed by atoms with Crippen LogP contribution in [0.4, 0.5) is 16.0 Å². The SMILES string of the molecule is COc1nccc(-n2ccc(N3CCO[C@H](C(O)(CNC(=O)c4ccccc4O)Cc4cc(F)c5c(N)noc5c4)C3=O)n2)n1. The summed E-state index contributed by atoms with van der Waals surface area (Å²) < 4.78 is 32.4. The molecule has 0 saturated carbocycles. The van der Waals surface area contributed by atoms with Gasteiger partial charge in [-0.05, 0) is 29.8 Å². The molecule has 16 heteroatoms. The quantitative estimate of drug-likeness (QED) is 0.185. The maximum atomic E-state index is 15.0. The standard InChI is InChI=1S/C29H27FN8O7/c1-43-28-32-8-6-21(34-28)38-9-7-22(35-38)37-10-11-44-24(27(37)41)29(42,15-33-26(40)17-4-2-3-5-19(17)39)14-16-12-18(30)23-20(13-16)45-36-25(23)31/h2-9,12-13,24,39,42H,10-11,14-15H2,1H3,(H2,31,36)(H,33,40)/t24-,29?/m0/s1. The van der Waals surface area contributed by atoms with E-state index in [4.69, 9.17) is 19.7 Å². The monoisotopic (exact) mass is 618 g/mol. The molecule has 6 rings (SSSR count). The second-order valence-electron chi connectivity index (χ2n) is 10.3. The first kappa shape index (κ1) is 29.5. The lowest BCUT2D eigenvalue weighted by Crippen LogP contribution is -2.63. The van der Waals surface area contributed by atoms with Crippen molar-refractivity contribution in [2.75, 3.05) is 37.4 Å². The van der Waals surface area contributed by atoms with E-state index in [9.17, 15) is 24.2 Å². The lowest BCUT2D eigenvalue weighted by molar-refractivity contribution is -0.157. The fraction of sp³-hybridized carbons (Fsp3) is 0.241. The first-order valence-corrected chi connectivity index (χ1v) is 13.6. The molecule has 0 spiro atoms. The first-order valence-electron chi connectivity index (χ1n) is 13.6. The number of nitrogens with zero attached hydrogens (tertiary/aromatic N) is 6. The van der Waals surface area contributed by atoms with Crippen molar-refractivity contribution in [3.8, 4) is 17.6 Å². The molecular weight excluding hydrogens is 591 g/mol. The van der Waals surface area contributed by atoms with Gasteiger partial charge < -0.3 is 35.3 Å². The maximum absolute atomic E-state index is 15.0. The number of aliphatic hydroxyl groups is 1. The van der Waals surface area contributed by atoms with Crippen LogP contribution in [-0.2, 0) is 16.0 Å². The number of halogens is 1. The lowest BCUT2D eigenvalue weighted by atomic mass is 9.86. The number of morpholine rings is 1. The number of methoxy groups -OCH3 is 1. The smallest absolute Gasteiger partial charge is 0.318 e. The van der Waals surface area contributed by atoms with E-state index >= 15 is 0 Å². The second-order valence-corrected chi connectivity index (χ2v) is 10.3. The first-order chi connectivity index (χ1) is 21.7. The van der Waals surface area contributed by atoms with Gasteiger partial charge >= 0.3 is 6.01 Å². The van der Waals surface area contributed by atoms with Gasteiger partial charge in [-0.1, -0.05) is 17.3 Å². The van der Waals surface area contributed by atoms with Crippen LogP contribution < -0.4 is 20.7 Å². The summed E-state index contributed by atoms with van der Waals surface area (Å²) in [5.41, 5.74) is 3.79. The number of phenols is 1. The molecule has 2 aromatic carbocycles. The van der Waals surface area contributed by atoms with Crippen molar-refractivity contribution < 1.29 is 38.2 Å². The number of anilines is 2. The highest BCUT2D eigenvalue weighted by Crippen LogP contribution is 2.31. The molecule has 232 valence electrons. The number of nitrogen functional groups attached to an aromatic ring is 1. The predicted octanol–water partition coefficient (Wildman–Crippen LogP) is 1.37. The molecule has 1 fully saturated rings. The van der Waals surface area contributed by atoms with Crippen LogP contribution in [0.15, 0.2) is 65.4 Å². The average Bonchev–Trinajstić information content (AvgIpc) is 3.67. The fourth-order valence-corrected chi connectivity index (χ4v) is 5.14. The summed E-state index contributed by atoms with van der Waals surface area (Å²) in [6.45, 7) is -0.401. The molecule has 1 aliphatic rings. The molecule has 5 aromatic rings. The summed E-state index contributed by atoms with van der Waals surface area (Å²) in [4.78, 5) is 36.5. The molecule has 0 radical (unpaired) electrons. The van der Waals surface area contributed by atoms with Crippen molar-refractivity contribution in [3.63, 3.8) is 0 Å². The van der Waals surface area contributed by atoms with Crippen molar-refractivity contribution in [3.05, 3.63) is 77.9 Å². The normalized spacial score (nSPS) is 16.5. The highest BCUT2D eigenvalue weighted by molar-refractivity contribution is 5.98. The van der Waals surface area contributed by atoms with Crippen molar-refractivity contribution in [2.24, 2.45) is 0 Å². The third-order valence-electron chi connectivity index (χ3n) is 7.29. The molecule has 4 heterocycles. The number of nitrogens with two attached hydrogens (primary N) is 1. The Kier molecular flexibility index (Phi) is 7.74. The van der Waals surface area contributed by atoms with E-state index in [0.717, 1.165) is 6.07 Å². The number of aromatic hydroxyl groups is 1. The Morgan fingerprint density at radius 3 is 2.87 bits per heavy atom. The van der Waals surface area contributed by atoms with Gasteiger partial charge in [0.25, 0.3) is 11.8 Å². The minimum absolute atomic E-state index is 0.00631. The van der Waals surface area contributed by atoms with E-state index in [2.05, 4.69) is 25.5 Å². The van der Waals surface area contributed by atoms with E-state index in [-0.39, 0.29) is 65.1 Å². The number of ether oxygens (including phenoxy) is 2. The number of hydrogen-bond donors (Lipinski definition) is 4. The van der Waals surface area contributed by atoms with E-state index < -0.39 is 35.9 Å². The Hall–Kier alpha value is -5.61. The number of fused-ring (bicyclic) bond motifs is 1. The third kappa shape index (κ3) is 5.71. The molecule has 1 aliphatic heterocycles. The summed E-state index contributed by atoms with van der Waals surface area (Å²) in [5.74, 6) is -1.89. The zero-order valence-corrected chi connectivity index (χ0v) is 23.8. The van der Waals surface area contributed by atoms with Gasteiger partial charge in [-0.25, -0.2) is 14.1 Å². The number of nitrogens with one attached hydrogen (secondary N) is 1. The molecule has 2 amide bonds. The van der Waals surface area contributed by atoms with Crippen LogP contribution in [0, 0.1) is 5.82 Å². The van der Waals surface area contributed by atoms with Gasteiger partial charge in [0, 0.05) is 30.9 Å². The summed E-state index contributed by atoms with van der Waals surface area (Å²) in [6.07, 6.45) is 1.20. The van der Waals surface area contributed by atoms with E-state index in [0.29, 0.717) is 5.82 Å². The van der Waals surface area contributed by atoms with Gasteiger partial charge in [0.1, 0.15) is 22.6 Å². The van der Waals surface area contributed by atoms with E-state index in [1.54, 1.807) is 30.5 Å². The molecule has 0 bridgehead atoms. The zero-order chi connectivity index (χ0) is 31.7. The van der Waals surface area contributed by atoms with Crippen molar-refractivity contribution in [1.29, 1.82) is 0 Å². The minimum atomic E-state index is -2.12. The third-order valence-corrected chi connectivity index (χ3v) is 7.29. The number of carbonyl (C=O) groups is 2. The van der Waals surface area contributed by atoms with Crippen LogP contribution in [0.1, 0.15) is 15.9 Å². The van der Waals surface area contributed by atoms with Gasteiger partial charge in [-0.3, -0.25) is 14.5 Å². The molecule has 0 aliphatic carbocycles. The summed E-state index contributed by atoms with van der Waals surface area (Å²) in [6, 6.07) is 11.7. The number of aromatic nitrogens is 5. The summed E-state index contributed by atoms with van der Waals surface area (Å²) in [5, 5.41) is 32.8. The molecule has 1 saturated heterocycles. The van der Waals surface area contributed by atoms with Gasteiger partial charge in [0.05, 0.1) is 32.4 Å². The number of amides is 2. The Morgan fingerprint density at radius 2 is 2.07 bits per heavy atom. The number of benzene rings is 2. The summed E-state index contributed by atoms with van der Waals surface area (Å²) >= 11 is 0.